The Labute approximate surface area is 76.5 Å². The lowest BCUT2D eigenvalue weighted by Gasteiger charge is -2.06. The van der Waals surface area contributed by atoms with Gasteiger partial charge in [-0.05, 0) is 40.9 Å². The molecule has 4 heteroatoms. The van der Waals surface area contributed by atoms with E-state index in [4.69, 9.17) is 0 Å². The molecule has 0 saturated carbocycles. The average molecular weight is 239 g/mol. The van der Waals surface area contributed by atoms with Gasteiger partial charge >= 0.3 is 0 Å². The van der Waals surface area contributed by atoms with Crippen molar-refractivity contribution in [1.82, 2.24) is 0 Å². The number of halogens is 4. The van der Waals surface area contributed by atoms with Gasteiger partial charge in [0.1, 0.15) is 5.82 Å². The highest BCUT2D eigenvalue weighted by molar-refractivity contribution is 9.10. The van der Waals surface area contributed by atoms with E-state index in [0.717, 1.165) is 0 Å². The van der Waals surface area contributed by atoms with Crippen LogP contribution in [0.4, 0.5) is 13.2 Å². The van der Waals surface area contributed by atoms with Crippen LogP contribution in [-0.4, -0.2) is 0 Å². The molecule has 1 rings (SSSR count). The second kappa shape index (κ2) is 3.09. The smallest absolute Gasteiger partial charge is 0.176 e. The van der Waals surface area contributed by atoms with Crippen LogP contribution < -0.4 is 0 Å². The summed E-state index contributed by atoms with van der Waals surface area (Å²) in [4.78, 5) is 0. The molecule has 0 unspecified atom stereocenters. The van der Waals surface area contributed by atoms with E-state index < -0.39 is 21.9 Å². The second-order valence-electron chi connectivity index (χ2n) is 2.51. The standard InChI is InChI=1S/C8H6BrF3/c1-3-4(2)7(11)8(12)5(9)6(3)10/h1-2H3. The van der Waals surface area contributed by atoms with E-state index in [0.29, 0.717) is 0 Å². The van der Waals surface area contributed by atoms with Gasteiger partial charge < -0.3 is 0 Å². The molecule has 0 aromatic heterocycles. The predicted molar refractivity (Wildman–Crippen MR) is 43.5 cm³/mol. The fourth-order valence-corrected chi connectivity index (χ4v) is 1.32. The molecule has 1 aromatic carbocycles. The molecule has 0 aliphatic rings. The van der Waals surface area contributed by atoms with Gasteiger partial charge in [-0.2, -0.15) is 0 Å². The van der Waals surface area contributed by atoms with Crippen LogP contribution in [0.25, 0.3) is 0 Å². The van der Waals surface area contributed by atoms with Crippen molar-refractivity contribution in [1.29, 1.82) is 0 Å². The number of benzene rings is 1. The summed E-state index contributed by atoms with van der Waals surface area (Å²) in [6.07, 6.45) is 0. The Morgan fingerprint density at radius 2 is 1.25 bits per heavy atom. The van der Waals surface area contributed by atoms with Crippen LogP contribution in [0.15, 0.2) is 4.47 Å². The molecule has 0 amide bonds. The fraction of sp³-hybridized carbons (Fsp3) is 0.250. The van der Waals surface area contributed by atoms with Crippen LogP contribution in [0.3, 0.4) is 0 Å². The fourth-order valence-electron chi connectivity index (χ4n) is 0.851. The van der Waals surface area contributed by atoms with Crippen molar-refractivity contribution in [3.63, 3.8) is 0 Å². The number of rotatable bonds is 0. The van der Waals surface area contributed by atoms with Crippen LogP contribution in [0.1, 0.15) is 11.1 Å². The molecule has 12 heavy (non-hydrogen) atoms. The molecule has 0 saturated heterocycles. The summed E-state index contributed by atoms with van der Waals surface area (Å²) in [5, 5.41) is 0. The van der Waals surface area contributed by atoms with Gasteiger partial charge in [-0.25, -0.2) is 13.2 Å². The number of hydrogen-bond donors (Lipinski definition) is 0. The molecule has 1 aromatic rings. The third-order valence-electron chi connectivity index (χ3n) is 1.80. The largest absolute Gasteiger partial charge is 0.205 e. The van der Waals surface area contributed by atoms with E-state index in [-0.39, 0.29) is 11.1 Å². The summed E-state index contributed by atoms with van der Waals surface area (Å²) in [6.45, 7) is 2.74. The zero-order valence-corrected chi connectivity index (χ0v) is 8.10. The van der Waals surface area contributed by atoms with E-state index in [1.54, 1.807) is 0 Å². The van der Waals surface area contributed by atoms with Crippen LogP contribution in [-0.2, 0) is 0 Å². The molecule has 66 valence electrons. The lowest BCUT2D eigenvalue weighted by molar-refractivity contribution is 0.479. The van der Waals surface area contributed by atoms with Gasteiger partial charge in [0, 0.05) is 0 Å². The quantitative estimate of drug-likeness (QED) is 0.480. The Morgan fingerprint density at radius 1 is 0.833 bits per heavy atom. The minimum absolute atomic E-state index is 0.00759. The first kappa shape index (κ1) is 9.58. The third-order valence-corrected chi connectivity index (χ3v) is 2.50. The summed E-state index contributed by atoms with van der Waals surface area (Å²) in [6, 6.07) is 0. The van der Waals surface area contributed by atoms with E-state index in [9.17, 15) is 13.2 Å². The van der Waals surface area contributed by atoms with Crippen LogP contribution in [0, 0.1) is 31.3 Å². The summed E-state index contributed by atoms with van der Waals surface area (Å²) in [7, 11) is 0. The monoisotopic (exact) mass is 238 g/mol. The molecule has 0 nitrogen and oxygen atoms in total. The maximum Gasteiger partial charge on any atom is 0.176 e. The number of hydrogen-bond acceptors (Lipinski definition) is 0. The highest BCUT2D eigenvalue weighted by Crippen LogP contribution is 2.27. The Hall–Kier alpha value is -0.510. The van der Waals surface area contributed by atoms with E-state index in [2.05, 4.69) is 15.9 Å². The molecule has 0 aliphatic carbocycles. The van der Waals surface area contributed by atoms with Gasteiger partial charge in [0.25, 0.3) is 0 Å². The minimum atomic E-state index is -1.17. The van der Waals surface area contributed by atoms with Crippen molar-refractivity contribution < 1.29 is 13.2 Å². The summed E-state index contributed by atoms with van der Waals surface area (Å²) in [5.41, 5.74) is 0.133. The Morgan fingerprint density at radius 3 is 1.75 bits per heavy atom. The van der Waals surface area contributed by atoms with Gasteiger partial charge in [-0.3, -0.25) is 0 Å². The highest BCUT2D eigenvalue weighted by atomic mass is 79.9. The minimum Gasteiger partial charge on any atom is -0.205 e. The van der Waals surface area contributed by atoms with Gasteiger partial charge in [0.15, 0.2) is 11.6 Å². The Bertz CT molecular complexity index is 229. The maximum absolute atomic E-state index is 13.0. The lowest BCUT2D eigenvalue weighted by Crippen LogP contribution is -1.99. The molecule has 0 heterocycles. The van der Waals surface area contributed by atoms with Gasteiger partial charge in [0.2, 0.25) is 0 Å². The SMILES string of the molecule is Cc1c(C)c(F)c(Br)c(F)c1F. The molecule has 0 fully saturated rings. The highest BCUT2D eigenvalue weighted by Gasteiger charge is 2.17. The summed E-state index contributed by atoms with van der Waals surface area (Å²) < 4.78 is 38.2. The predicted octanol–water partition coefficient (Wildman–Crippen LogP) is 3.48. The zero-order chi connectivity index (χ0) is 9.46. The zero-order valence-electron chi connectivity index (χ0n) is 6.51. The van der Waals surface area contributed by atoms with Crippen molar-refractivity contribution >= 4 is 15.9 Å². The molecular formula is C8H6BrF3. The van der Waals surface area contributed by atoms with Gasteiger partial charge in [-0.15, -0.1) is 0 Å². The first-order chi connectivity index (χ1) is 5.46. The van der Waals surface area contributed by atoms with Crippen LogP contribution >= 0.6 is 15.9 Å². The first-order valence-corrected chi connectivity index (χ1v) is 4.05. The molecule has 0 N–H and O–H groups in total. The van der Waals surface area contributed by atoms with Crippen molar-refractivity contribution in [3.8, 4) is 0 Å². The van der Waals surface area contributed by atoms with Crippen molar-refractivity contribution in [2.45, 2.75) is 13.8 Å². The van der Waals surface area contributed by atoms with Crippen molar-refractivity contribution in [2.75, 3.05) is 0 Å². The van der Waals surface area contributed by atoms with Crippen LogP contribution in [0.5, 0.6) is 0 Å². The average Bonchev–Trinajstić information content (AvgIpc) is 2.08. The maximum atomic E-state index is 13.0. The molecule has 0 aliphatic heterocycles. The van der Waals surface area contributed by atoms with E-state index >= 15 is 0 Å². The molecule has 0 bridgehead atoms. The van der Waals surface area contributed by atoms with Crippen molar-refractivity contribution in [2.24, 2.45) is 0 Å². The van der Waals surface area contributed by atoms with E-state index in [1.165, 1.54) is 13.8 Å². The molecular weight excluding hydrogens is 233 g/mol. The Kier molecular flexibility index (Phi) is 2.46. The molecule has 0 atom stereocenters. The van der Waals surface area contributed by atoms with E-state index in [1.807, 2.05) is 0 Å². The normalized spacial score (nSPS) is 10.5. The summed E-state index contributed by atoms with van der Waals surface area (Å²) in [5.74, 6) is -2.91. The molecule has 0 radical (unpaired) electrons. The second-order valence-corrected chi connectivity index (χ2v) is 3.30. The molecule has 0 spiro atoms. The third kappa shape index (κ3) is 1.24. The Balaban J connectivity index is 3.60. The van der Waals surface area contributed by atoms with Crippen molar-refractivity contribution in [3.05, 3.63) is 33.1 Å². The first-order valence-electron chi connectivity index (χ1n) is 3.26. The van der Waals surface area contributed by atoms with Crippen LogP contribution in [0.2, 0.25) is 0 Å². The van der Waals surface area contributed by atoms with Gasteiger partial charge in [0.05, 0.1) is 4.47 Å². The topological polar surface area (TPSA) is 0 Å². The summed E-state index contributed by atoms with van der Waals surface area (Å²) >= 11 is 2.62. The lowest BCUT2D eigenvalue weighted by atomic mass is 10.1. The van der Waals surface area contributed by atoms with Gasteiger partial charge in [-0.1, -0.05) is 0 Å².